The molecule has 29 heavy (non-hydrogen) atoms. The summed E-state index contributed by atoms with van der Waals surface area (Å²) in [7, 11) is 6.10. The largest absolute Gasteiger partial charge is 0.356 e. The fourth-order valence-corrected chi connectivity index (χ4v) is 4.03. The van der Waals surface area contributed by atoms with E-state index in [1.54, 1.807) is 0 Å². The first-order valence-corrected chi connectivity index (χ1v) is 10.5. The lowest BCUT2D eigenvalue weighted by Crippen LogP contribution is -2.47. The number of guanidine groups is 1. The number of likely N-dealkylation sites (tertiary alicyclic amines) is 1. The highest BCUT2D eigenvalue weighted by atomic mass is 127. The second kappa shape index (κ2) is 11.7. The highest BCUT2D eigenvalue weighted by Crippen LogP contribution is 2.34. The Bertz CT molecular complexity index is 660. The summed E-state index contributed by atoms with van der Waals surface area (Å²) < 4.78 is 0. The van der Waals surface area contributed by atoms with Gasteiger partial charge >= 0.3 is 0 Å². The molecule has 0 spiro atoms. The van der Waals surface area contributed by atoms with Crippen LogP contribution in [0.2, 0.25) is 0 Å². The molecule has 3 rings (SSSR count). The number of carbonyl (C=O) groups excluding carboxylic acids is 1. The Morgan fingerprint density at radius 3 is 2.59 bits per heavy atom. The fourth-order valence-electron chi connectivity index (χ4n) is 4.03. The van der Waals surface area contributed by atoms with Crippen molar-refractivity contribution in [3.05, 3.63) is 35.9 Å². The summed E-state index contributed by atoms with van der Waals surface area (Å²) >= 11 is 0. The van der Waals surface area contributed by atoms with Crippen molar-refractivity contribution >= 4 is 35.8 Å². The van der Waals surface area contributed by atoms with Crippen LogP contribution in [0.4, 0.5) is 0 Å². The Morgan fingerprint density at radius 1 is 1.24 bits per heavy atom. The SMILES string of the molecule is CN=C(NCC1CC(=O)N(CCc2ccccc2)C1)NCC(C1CC1)N(C)C.I. The van der Waals surface area contributed by atoms with Gasteiger partial charge in [0.2, 0.25) is 5.91 Å². The molecule has 1 aliphatic carbocycles. The van der Waals surface area contributed by atoms with Gasteiger partial charge < -0.3 is 20.4 Å². The molecule has 2 unspecified atom stereocenters. The molecule has 1 saturated heterocycles. The van der Waals surface area contributed by atoms with Crippen molar-refractivity contribution < 1.29 is 4.79 Å². The van der Waals surface area contributed by atoms with Crippen LogP contribution in [0.1, 0.15) is 24.8 Å². The lowest BCUT2D eigenvalue weighted by molar-refractivity contribution is -0.127. The fraction of sp³-hybridized carbons (Fsp3) is 0.636. The minimum atomic E-state index is 0. The van der Waals surface area contributed by atoms with Crippen LogP contribution in [-0.4, -0.2) is 75.0 Å². The van der Waals surface area contributed by atoms with Crippen molar-refractivity contribution in [3.63, 3.8) is 0 Å². The average Bonchev–Trinajstić information content (AvgIpc) is 3.46. The summed E-state index contributed by atoms with van der Waals surface area (Å²) in [6, 6.07) is 10.9. The van der Waals surface area contributed by atoms with Crippen molar-refractivity contribution in [3.8, 4) is 0 Å². The number of hydrogen-bond acceptors (Lipinski definition) is 3. The Kier molecular flexibility index (Phi) is 9.68. The van der Waals surface area contributed by atoms with Crippen LogP contribution in [0, 0.1) is 11.8 Å². The third-order valence-corrected chi connectivity index (χ3v) is 5.90. The molecule has 0 radical (unpaired) electrons. The van der Waals surface area contributed by atoms with Crippen LogP contribution < -0.4 is 10.6 Å². The highest BCUT2D eigenvalue weighted by molar-refractivity contribution is 14.0. The summed E-state index contributed by atoms with van der Waals surface area (Å²) in [5.41, 5.74) is 1.28. The van der Waals surface area contributed by atoms with E-state index in [-0.39, 0.29) is 29.9 Å². The summed E-state index contributed by atoms with van der Waals surface area (Å²) in [5.74, 6) is 2.26. The van der Waals surface area contributed by atoms with Crippen LogP contribution in [0.15, 0.2) is 35.3 Å². The average molecular weight is 513 g/mol. The van der Waals surface area contributed by atoms with E-state index < -0.39 is 0 Å². The number of benzene rings is 1. The molecule has 0 aromatic heterocycles. The molecule has 0 bridgehead atoms. The van der Waals surface area contributed by atoms with Gasteiger partial charge in [0, 0.05) is 51.6 Å². The zero-order valence-electron chi connectivity index (χ0n) is 17.9. The molecule has 1 saturated carbocycles. The Labute approximate surface area is 192 Å². The van der Waals surface area contributed by atoms with Gasteiger partial charge in [0.25, 0.3) is 0 Å². The van der Waals surface area contributed by atoms with Crippen LogP contribution in [0.5, 0.6) is 0 Å². The third kappa shape index (κ3) is 7.44. The van der Waals surface area contributed by atoms with E-state index in [1.807, 2.05) is 18.0 Å². The van der Waals surface area contributed by atoms with Crippen LogP contribution in [-0.2, 0) is 11.2 Å². The molecule has 162 valence electrons. The smallest absolute Gasteiger partial charge is 0.223 e. The highest BCUT2D eigenvalue weighted by Gasteiger charge is 2.33. The monoisotopic (exact) mass is 513 g/mol. The predicted octanol–water partition coefficient (Wildman–Crippen LogP) is 2.20. The van der Waals surface area contributed by atoms with Crippen molar-refractivity contribution in [1.29, 1.82) is 0 Å². The zero-order chi connectivity index (χ0) is 19.9. The van der Waals surface area contributed by atoms with Gasteiger partial charge in [0.05, 0.1) is 0 Å². The molecular weight excluding hydrogens is 477 g/mol. The molecule has 1 aromatic carbocycles. The molecule has 2 N–H and O–H groups in total. The van der Waals surface area contributed by atoms with Crippen LogP contribution in [0.25, 0.3) is 0 Å². The van der Waals surface area contributed by atoms with Gasteiger partial charge in [-0.05, 0) is 44.8 Å². The van der Waals surface area contributed by atoms with E-state index in [1.165, 1.54) is 18.4 Å². The Morgan fingerprint density at radius 2 is 1.97 bits per heavy atom. The molecule has 2 aliphatic rings. The topological polar surface area (TPSA) is 60.0 Å². The van der Waals surface area contributed by atoms with Gasteiger partial charge in [-0.2, -0.15) is 0 Å². The summed E-state index contributed by atoms with van der Waals surface area (Å²) in [6.45, 7) is 3.32. The first kappa shape index (κ1) is 23.9. The van der Waals surface area contributed by atoms with Crippen LogP contribution in [0.3, 0.4) is 0 Å². The van der Waals surface area contributed by atoms with Crippen molar-refractivity contribution in [2.75, 3.05) is 47.3 Å². The molecular formula is C22H36IN5O. The molecule has 6 nitrogen and oxygen atoms in total. The van der Waals surface area contributed by atoms with Gasteiger partial charge in [-0.25, -0.2) is 0 Å². The van der Waals surface area contributed by atoms with E-state index in [0.29, 0.717) is 18.4 Å². The molecule has 2 fully saturated rings. The normalized spacial score (nSPS) is 20.6. The first-order chi connectivity index (χ1) is 13.6. The van der Waals surface area contributed by atoms with Crippen molar-refractivity contribution in [2.45, 2.75) is 31.7 Å². The number of rotatable bonds is 9. The van der Waals surface area contributed by atoms with Crippen LogP contribution >= 0.6 is 24.0 Å². The Hall–Kier alpha value is -1.35. The van der Waals surface area contributed by atoms with Gasteiger partial charge in [-0.15, -0.1) is 24.0 Å². The van der Waals surface area contributed by atoms with E-state index in [0.717, 1.165) is 44.5 Å². The number of hydrogen-bond donors (Lipinski definition) is 2. The molecule has 1 heterocycles. The number of nitrogens with zero attached hydrogens (tertiary/aromatic N) is 3. The van der Waals surface area contributed by atoms with Gasteiger partial charge in [0.1, 0.15) is 0 Å². The second-order valence-corrected chi connectivity index (χ2v) is 8.35. The number of aliphatic imine (C=N–C) groups is 1. The maximum Gasteiger partial charge on any atom is 0.223 e. The quantitative estimate of drug-likeness (QED) is 0.302. The number of carbonyl (C=O) groups is 1. The first-order valence-electron chi connectivity index (χ1n) is 10.5. The number of amides is 1. The van der Waals surface area contributed by atoms with E-state index in [9.17, 15) is 4.79 Å². The van der Waals surface area contributed by atoms with E-state index in [2.05, 4.69) is 58.9 Å². The summed E-state index contributed by atoms with van der Waals surface area (Å²) in [5, 5.41) is 6.89. The molecule has 1 aromatic rings. The number of likely N-dealkylation sites (N-methyl/N-ethyl adjacent to an activating group) is 1. The third-order valence-electron chi connectivity index (χ3n) is 5.90. The van der Waals surface area contributed by atoms with E-state index in [4.69, 9.17) is 0 Å². The summed E-state index contributed by atoms with van der Waals surface area (Å²) in [6.07, 6.45) is 4.21. The lowest BCUT2D eigenvalue weighted by atomic mass is 10.1. The molecule has 2 atom stereocenters. The Balaban J connectivity index is 0.00000300. The zero-order valence-corrected chi connectivity index (χ0v) is 20.3. The number of nitrogens with one attached hydrogen (secondary N) is 2. The van der Waals surface area contributed by atoms with Gasteiger partial charge in [-0.3, -0.25) is 9.79 Å². The second-order valence-electron chi connectivity index (χ2n) is 8.35. The van der Waals surface area contributed by atoms with Crippen molar-refractivity contribution in [1.82, 2.24) is 20.4 Å². The minimum absolute atomic E-state index is 0. The maximum atomic E-state index is 12.3. The molecule has 1 aliphatic heterocycles. The summed E-state index contributed by atoms with van der Waals surface area (Å²) in [4.78, 5) is 21.0. The predicted molar refractivity (Wildman–Crippen MR) is 130 cm³/mol. The lowest BCUT2D eigenvalue weighted by Gasteiger charge is -2.25. The molecule has 7 heteroatoms. The van der Waals surface area contributed by atoms with E-state index >= 15 is 0 Å². The van der Waals surface area contributed by atoms with Crippen molar-refractivity contribution in [2.24, 2.45) is 16.8 Å². The van der Waals surface area contributed by atoms with Gasteiger partial charge in [0.15, 0.2) is 5.96 Å². The standard InChI is InChI=1S/C22H35N5O.HI/c1-23-22(25-15-20(26(2)3)19-9-10-19)24-14-18-13-21(28)27(16-18)12-11-17-7-5-4-6-8-17;/h4-8,18-20H,9-16H2,1-3H3,(H2,23,24,25);1H. The molecule has 1 amide bonds. The maximum absolute atomic E-state index is 12.3. The van der Waals surface area contributed by atoms with Gasteiger partial charge in [-0.1, -0.05) is 30.3 Å². The minimum Gasteiger partial charge on any atom is -0.356 e. The number of halogens is 1.